The molecule has 0 atom stereocenters. The van der Waals surface area contributed by atoms with Crippen molar-refractivity contribution in [2.45, 2.75) is 6.61 Å². The highest BCUT2D eigenvalue weighted by molar-refractivity contribution is 5.88. The summed E-state index contributed by atoms with van der Waals surface area (Å²) in [4.78, 5) is 8.28. The van der Waals surface area contributed by atoms with Crippen LogP contribution in [-0.4, -0.2) is 9.97 Å². The molecule has 88 valence electrons. The van der Waals surface area contributed by atoms with E-state index in [9.17, 15) is 0 Å². The van der Waals surface area contributed by atoms with Crippen LogP contribution < -0.4 is 4.74 Å². The summed E-state index contributed by atoms with van der Waals surface area (Å²) in [5, 5.41) is 2.28. The van der Waals surface area contributed by atoms with Crippen molar-refractivity contribution in [2.24, 2.45) is 0 Å². The third kappa shape index (κ3) is 2.15. The average molecular weight is 236 g/mol. The fourth-order valence-corrected chi connectivity index (χ4v) is 1.87. The first kappa shape index (κ1) is 10.7. The first-order chi connectivity index (χ1) is 8.93. The smallest absolute Gasteiger partial charge is 0.166 e. The molecule has 0 amide bonds. The van der Waals surface area contributed by atoms with Crippen molar-refractivity contribution in [3.05, 3.63) is 66.7 Å². The first-order valence-corrected chi connectivity index (χ1v) is 5.80. The summed E-state index contributed by atoms with van der Waals surface area (Å²) in [6, 6.07) is 16.0. The zero-order valence-electron chi connectivity index (χ0n) is 9.78. The van der Waals surface area contributed by atoms with E-state index in [4.69, 9.17) is 4.74 Å². The van der Waals surface area contributed by atoms with Crippen molar-refractivity contribution in [3.8, 4) is 5.75 Å². The van der Waals surface area contributed by atoms with E-state index in [1.54, 1.807) is 18.5 Å². The molecule has 0 N–H and O–H groups in total. The van der Waals surface area contributed by atoms with Crippen molar-refractivity contribution >= 4 is 10.8 Å². The lowest BCUT2D eigenvalue weighted by molar-refractivity contribution is 0.299. The van der Waals surface area contributed by atoms with Gasteiger partial charge in [0.25, 0.3) is 0 Å². The third-order valence-corrected chi connectivity index (χ3v) is 2.73. The molecule has 0 aliphatic heterocycles. The van der Waals surface area contributed by atoms with Crippen LogP contribution >= 0.6 is 0 Å². The van der Waals surface area contributed by atoms with Gasteiger partial charge in [0, 0.05) is 17.8 Å². The Hall–Kier alpha value is -2.42. The minimum absolute atomic E-state index is 0.384. The molecule has 3 aromatic rings. The molecule has 0 bridgehead atoms. The summed E-state index contributed by atoms with van der Waals surface area (Å²) >= 11 is 0. The molecule has 0 unspecified atom stereocenters. The Bertz CT molecular complexity index is 647. The molecule has 1 heterocycles. The Kier molecular flexibility index (Phi) is 2.88. The molecule has 0 saturated carbocycles. The molecule has 3 rings (SSSR count). The van der Waals surface area contributed by atoms with Crippen molar-refractivity contribution in [1.82, 2.24) is 9.97 Å². The van der Waals surface area contributed by atoms with Gasteiger partial charge in [0.1, 0.15) is 12.4 Å². The Balaban J connectivity index is 1.87. The Morgan fingerprint density at radius 3 is 2.50 bits per heavy atom. The Morgan fingerprint density at radius 1 is 0.833 bits per heavy atom. The summed E-state index contributed by atoms with van der Waals surface area (Å²) in [6.45, 7) is 0.384. The number of fused-ring (bicyclic) bond motifs is 1. The molecule has 0 fully saturated rings. The number of rotatable bonds is 3. The van der Waals surface area contributed by atoms with E-state index in [0.29, 0.717) is 12.4 Å². The number of hydrogen-bond donors (Lipinski definition) is 0. The molecule has 0 radical (unpaired) electrons. The molecule has 0 spiro atoms. The standard InChI is InChI=1S/C15H12N2O/c1-2-7-13-12(5-1)6-3-8-14(13)18-11-15-16-9-4-10-17-15/h1-10H,11H2. The lowest BCUT2D eigenvalue weighted by atomic mass is 10.1. The van der Waals surface area contributed by atoms with Gasteiger partial charge in [0.05, 0.1) is 0 Å². The van der Waals surface area contributed by atoms with Crippen LogP contribution in [-0.2, 0) is 6.61 Å². The number of benzene rings is 2. The van der Waals surface area contributed by atoms with E-state index in [1.165, 1.54) is 5.39 Å². The van der Waals surface area contributed by atoms with Gasteiger partial charge >= 0.3 is 0 Å². The summed E-state index contributed by atoms with van der Waals surface area (Å²) in [6.07, 6.45) is 3.43. The second kappa shape index (κ2) is 4.84. The van der Waals surface area contributed by atoms with Gasteiger partial charge in [-0.2, -0.15) is 0 Å². The quantitative estimate of drug-likeness (QED) is 0.700. The SMILES string of the molecule is c1cnc(COc2cccc3ccccc23)nc1. The summed E-state index contributed by atoms with van der Waals surface area (Å²) in [7, 11) is 0. The largest absolute Gasteiger partial charge is 0.485 e. The van der Waals surface area contributed by atoms with E-state index in [0.717, 1.165) is 11.1 Å². The van der Waals surface area contributed by atoms with Gasteiger partial charge in [-0.15, -0.1) is 0 Å². The number of ether oxygens (including phenoxy) is 1. The van der Waals surface area contributed by atoms with E-state index < -0.39 is 0 Å². The fourth-order valence-electron chi connectivity index (χ4n) is 1.87. The minimum atomic E-state index is 0.384. The van der Waals surface area contributed by atoms with Gasteiger partial charge in [-0.1, -0.05) is 36.4 Å². The van der Waals surface area contributed by atoms with E-state index in [2.05, 4.69) is 28.2 Å². The number of nitrogens with zero attached hydrogens (tertiary/aromatic N) is 2. The van der Waals surface area contributed by atoms with Gasteiger partial charge in [-0.25, -0.2) is 9.97 Å². The molecule has 0 aliphatic carbocycles. The van der Waals surface area contributed by atoms with Crippen LogP contribution in [0.15, 0.2) is 60.9 Å². The van der Waals surface area contributed by atoms with Crippen molar-refractivity contribution in [1.29, 1.82) is 0 Å². The monoisotopic (exact) mass is 236 g/mol. The molecule has 1 aromatic heterocycles. The van der Waals surface area contributed by atoms with Gasteiger partial charge < -0.3 is 4.74 Å². The molecule has 0 aliphatic rings. The third-order valence-electron chi connectivity index (χ3n) is 2.73. The predicted octanol–water partition coefficient (Wildman–Crippen LogP) is 3.21. The highest BCUT2D eigenvalue weighted by Crippen LogP contribution is 2.25. The van der Waals surface area contributed by atoms with Crippen molar-refractivity contribution < 1.29 is 4.74 Å². The van der Waals surface area contributed by atoms with Gasteiger partial charge in [0.2, 0.25) is 0 Å². The topological polar surface area (TPSA) is 35.0 Å². The van der Waals surface area contributed by atoms with Crippen LogP contribution in [0.4, 0.5) is 0 Å². The maximum atomic E-state index is 5.78. The van der Waals surface area contributed by atoms with Gasteiger partial charge in [-0.3, -0.25) is 0 Å². The van der Waals surface area contributed by atoms with Gasteiger partial charge in [-0.05, 0) is 17.5 Å². The van der Waals surface area contributed by atoms with Crippen LogP contribution in [0.3, 0.4) is 0 Å². The van der Waals surface area contributed by atoms with Crippen LogP contribution in [0.25, 0.3) is 10.8 Å². The maximum absolute atomic E-state index is 5.78. The summed E-state index contributed by atoms with van der Waals surface area (Å²) in [5.41, 5.74) is 0. The fraction of sp³-hybridized carbons (Fsp3) is 0.0667. The van der Waals surface area contributed by atoms with Crippen LogP contribution in [0.2, 0.25) is 0 Å². The van der Waals surface area contributed by atoms with Crippen molar-refractivity contribution in [3.63, 3.8) is 0 Å². The average Bonchev–Trinajstić information content (AvgIpc) is 2.46. The normalized spacial score (nSPS) is 10.4. The minimum Gasteiger partial charge on any atom is -0.485 e. The predicted molar refractivity (Wildman–Crippen MR) is 70.3 cm³/mol. The van der Waals surface area contributed by atoms with Crippen LogP contribution in [0.5, 0.6) is 5.75 Å². The van der Waals surface area contributed by atoms with E-state index in [1.807, 2.05) is 24.3 Å². The Labute approximate surface area is 105 Å². The number of aromatic nitrogens is 2. The molecule has 3 heteroatoms. The zero-order valence-corrected chi connectivity index (χ0v) is 9.78. The lowest BCUT2D eigenvalue weighted by Crippen LogP contribution is -2.00. The second-order valence-corrected chi connectivity index (χ2v) is 3.93. The second-order valence-electron chi connectivity index (χ2n) is 3.93. The maximum Gasteiger partial charge on any atom is 0.166 e. The zero-order chi connectivity index (χ0) is 12.2. The number of hydrogen-bond acceptors (Lipinski definition) is 3. The van der Waals surface area contributed by atoms with E-state index >= 15 is 0 Å². The van der Waals surface area contributed by atoms with Gasteiger partial charge in [0.15, 0.2) is 5.82 Å². The molecule has 18 heavy (non-hydrogen) atoms. The van der Waals surface area contributed by atoms with E-state index in [-0.39, 0.29) is 0 Å². The summed E-state index contributed by atoms with van der Waals surface area (Å²) < 4.78 is 5.78. The summed E-state index contributed by atoms with van der Waals surface area (Å²) in [5.74, 6) is 1.55. The molecule has 0 saturated heterocycles. The highest BCUT2D eigenvalue weighted by atomic mass is 16.5. The Morgan fingerprint density at radius 2 is 1.61 bits per heavy atom. The molecule has 2 aromatic carbocycles. The molecular formula is C15H12N2O. The first-order valence-electron chi connectivity index (χ1n) is 5.80. The van der Waals surface area contributed by atoms with Crippen molar-refractivity contribution in [2.75, 3.05) is 0 Å². The van der Waals surface area contributed by atoms with Crippen LogP contribution in [0, 0.1) is 0 Å². The molecular weight excluding hydrogens is 224 g/mol. The lowest BCUT2D eigenvalue weighted by Gasteiger charge is -2.08. The molecule has 3 nitrogen and oxygen atoms in total. The van der Waals surface area contributed by atoms with Crippen LogP contribution in [0.1, 0.15) is 5.82 Å². The highest BCUT2D eigenvalue weighted by Gasteiger charge is 2.02.